The van der Waals surface area contributed by atoms with Crippen LogP contribution in [0.25, 0.3) is 0 Å². The molecule has 1 aromatic rings. The van der Waals surface area contributed by atoms with Crippen molar-refractivity contribution in [2.24, 2.45) is 5.41 Å². The van der Waals surface area contributed by atoms with E-state index < -0.39 is 0 Å². The molecule has 116 valence electrons. The Morgan fingerprint density at radius 3 is 2.76 bits per heavy atom. The summed E-state index contributed by atoms with van der Waals surface area (Å²) in [5.41, 5.74) is -0.185. The van der Waals surface area contributed by atoms with Crippen LogP contribution in [0.4, 0.5) is 0 Å². The molecule has 0 bridgehead atoms. The fourth-order valence-electron chi connectivity index (χ4n) is 2.89. The molecule has 4 heteroatoms. The zero-order valence-electron chi connectivity index (χ0n) is 13.1. The number of rotatable bonds is 7. The maximum absolute atomic E-state index is 12.6. The smallest absolute Gasteiger partial charge is 0.229 e. The van der Waals surface area contributed by atoms with Gasteiger partial charge in [0.05, 0.1) is 12.0 Å². The van der Waals surface area contributed by atoms with Gasteiger partial charge in [0.1, 0.15) is 5.75 Å². The van der Waals surface area contributed by atoms with Crippen LogP contribution < -0.4 is 10.1 Å². The first-order valence-electron chi connectivity index (χ1n) is 7.82. The van der Waals surface area contributed by atoms with Gasteiger partial charge in [0.25, 0.3) is 0 Å². The average Bonchev–Trinajstić information content (AvgIpc) is 3.02. The summed E-state index contributed by atoms with van der Waals surface area (Å²) in [7, 11) is 1.90. The number of para-hydroxylation sites is 1. The van der Waals surface area contributed by atoms with Gasteiger partial charge in [0, 0.05) is 20.1 Å². The number of ether oxygens (including phenoxy) is 1. The summed E-state index contributed by atoms with van der Waals surface area (Å²) in [6, 6.07) is 9.79. The third-order valence-corrected chi connectivity index (χ3v) is 4.37. The number of hydrogen-bond donors (Lipinski definition) is 1. The maximum atomic E-state index is 12.6. The number of benzene rings is 1. The number of nitrogens with zero attached hydrogens (tertiary/aromatic N) is 1. The van der Waals surface area contributed by atoms with E-state index in [-0.39, 0.29) is 11.3 Å². The van der Waals surface area contributed by atoms with Gasteiger partial charge >= 0.3 is 0 Å². The van der Waals surface area contributed by atoms with E-state index in [1.165, 1.54) is 0 Å². The second-order valence-electron chi connectivity index (χ2n) is 5.80. The first-order valence-corrected chi connectivity index (χ1v) is 7.82. The fraction of sp³-hybridized carbons (Fsp3) is 0.588. The minimum Gasteiger partial charge on any atom is -0.494 e. The molecule has 0 radical (unpaired) electrons. The Kier molecular flexibility index (Phi) is 5.62. The molecule has 4 nitrogen and oxygen atoms in total. The van der Waals surface area contributed by atoms with Crippen molar-refractivity contribution in [3.8, 4) is 5.75 Å². The minimum atomic E-state index is -0.185. The highest BCUT2D eigenvalue weighted by Crippen LogP contribution is 2.31. The molecule has 1 unspecified atom stereocenters. The van der Waals surface area contributed by atoms with Gasteiger partial charge in [-0.15, -0.1) is 0 Å². The van der Waals surface area contributed by atoms with Gasteiger partial charge in [-0.1, -0.05) is 25.1 Å². The molecule has 2 rings (SSSR count). The van der Waals surface area contributed by atoms with E-state index in [1.54, 1.807) is 0 Å². The zero-order chi connectivity index (χ0) is 15.1. The van der Waals surface area contributed by atoms with Crippen LogP contribution >= 0.6 is 0 Å². The van der Waals surface area contributed by atoms with E-state index in [0.717, 1.165) is 44.6 Å². The van der Waals surface area contributed by atoms with Crippen LogP contribution in [0.15, 0.2) is 30.3 Å². The lowest BCUT2D eigenvalue weighted by Gasteiger charge is -2.30. The summed E-state index contributed by atoms with van der Waals surface area (Å²) in [6.07, 6.45) is 2.71. The highest BCUT2D eigenvalue weighted by Gasteiger charge is 2.40. The van der Waals surface area contributed by atoms with Gasteiger partial charge in [0.15, 0.2) is 0 Å². The Morgan fingerprint density at radius 2 is 2.14 bits per heavy atom. The number of carbonyl (C=O) groups excluding carboxylic acids is 1. The van der Waals surface area contributed by atoms with Gasteiger partial charge in [-0.25, -0.2) is 0 Å². The van der Waals surface area contributed by atoms with E-state index in [1.807, 2.05) is 42.3 Å². The van der Waals surface area contributed by atoms with E-state index in [9.17, 15) is 4.79 Å². The Balaban J connectivity index is 1.74. The topological polar surface area (TPSA) is 41.6 Å². The molecule has 1 aliphatic heterocycles. The number of carbonyl (C=O) groups is 1. The third-order valence-electron chi connectivity index (χ3n) is 4.37. The molecule has 1 atom stereocenters. The molecule has 1 aliphatic rings. The van der Waals surface area contributed by atoms with Crippen LogP contribution in [0.2, 0.25) is 0 Å². The second kappa shape index (κ2) is 7.46. The largest absolute Gasteiger partial charge is 0.494 e. The normalized spacial score (nSPS) is 21.2. The van der Waals surface area contributed by atoms with Crippen LogP contribution in [-0.2, 0) is 4.79 Å². The molecule has 1 fully saturated rings. The van der Waals surface area contributed by atoms with Crippen molar-refractivity contribution in [2.75, 3.05) is 33.3 Å². The summed E-state index contributed by atoms with van der Waals surface area (Å²) in [5, 5.41) is 3.32. The zero-order valence-corrected chi connectivity index (χ0v) is 13.1. The number of hydrogen-bond acceptors (Lipinski definition) is 3. The lowest BCUT2D eigenvalue weighted by atomic mass is 9.83. The van der Waals surface area contributed by atoms with Crippen molar-refractivity contribution in [3.63, 3.8) is 0 Å². The minimum absolute atomic E-state index is 0.185. The molecule has 1 amide bonds. The lowest BCUT2D eigenvalue weighted by Crippen LogP contribution is -2.43. The van der Waals surface area contributed by atoms with Crippen molar-refractivity contribution in [3.05, 3.63) is 30.3 Å². The molecule has 1 N–H and O–H groups in total. The van der Waals surface area contributed by atoms with Crippen LogP contribution in [0.1, 0.15) is 26.2 Å². The molecule has 0 aromatic heterocycles. The summed E-state index contributed by atoms with van der Waals surface area (Å²) in [4.78, 5) is 14.5. The Bertz CT molecular complexity index is 441. The van der Waals surface area contributed by atoms with Crippen LogP contribution in [-0.4, -0.2) is 44.1 Å². The molecule has 0 saturated carbocycles. The van der Waals surface area contributed by atoms with Gasteiger partial charge in [0.2, 0.25) is 5.91 Å². The van der Waals surface area contributed by atoms with Crippen LogP contribution in [0.5, 0.6) is 5.75 Å². The number of nitrogens with one attached hydrogen (secondary N) is 1. The van der Waals surface area contributed by atoms with Crippen molar-refractivity contribution < 1.29 is 9.53 Å². The first-order chi connectivity index (χ1) is 10.2. The lowest BCUT2D eigenvalue weighted by molar-refractivity contribution is -0.140. The van der Waals surface area contributed by atoms with Gasteiger partial charge in [-0.2, -0.15) is 0 Å². The molecule has 0 aliphatic carbocycles. The molecule has 1 heterocycles. The quantitative estimate of drug-likeness (QED) is 0.784. The van der Waals surface area contributed by atoms with Gasteiger partial charge in [-0.05, 0) is 37.9 Å². The average molecular weight is 290 g/mol. The summed E-state index contributed by atoms with van der Waals surface area (Å²) < 4.78 is 5.66. The van der Waals surface area contributed by atoms with Crippen LogP contribution in [0.3, 0.4) is 0 Å². The molecule has 1 aromatic carbocycles. The molecule has 0 spiro atoms. The monoisotopic (exact) mass is 290 g/mol. The van der Waals surface area contributed by atoms with Gasteiger partial charge in [-0.3, -0.25) is 4.79 Å². The van der Waals surface area contributed by atoms with E-state index in [2.05, 4.69) is 12.2 Å². The third kappa shape index (κ3) is 3.97. The Hall–Kier alpha value is -1.55. The van der Waals surface area contributed by atoms with Crippen molar-refractivity contribution in [1.82, 2.24) is 10.2 Å². The molecular weight excluding hydrogens is 264 g/mol. The summed E-state index contributed by atoms with van der Waals surface area (Å²) in [5.74, 6) is 1.16. The highest BCUT2D eigenvalue weighted by molar-refractivity contribution is 5.83. The Morgan fingerprint density at radius 1 is 1.38 bits per heavy atom. The summed E-state index contributed by atoms with van der Waals surface area (Å²) >= 11 is 0. The van der Waals surface area contributed by atoms with E-state index in [4.69, 9.17) is 4.74 Å². The molecular formula is C17H26N2O2. The maximum Gasteiger partial charge on any atom is 0.229 e. The standard InChI is InChI=1S/C17H26N2O2/c1-3-17(10-11-18-14-17)16(20)19(2)12-7-13-21-15-8-5-4-6-9-15/h4-6,8-9,18H,3,7,10-14H2,1-2H3. The van der Waals surface area contributed by atoms with E-state index in [0.29, 0.717) is 6.61 Å². The predicted molar refractivity (Wildman–Crippen MR) is 84.4 cm³/mol. The number of amides is 1. The summed E-state index contributed by atoms with van der Waals surface area (Å²) in [6.45, 7) is 5.25. The van der Waals surface area contributed by atoms with Crippen molar-refractivity contribution in [2.45, 2.75) is 26.2 Å². The first kappa shape index (κ1) is 15.8. The highest BCUT2D eigenvalue weighted by atomic mass is 16.5. The van der Waals surface area contributed by atoms with Crippen LogP contribution in [0, 0.1) is 5.41 Å². The SMILES string of the molecule is CCC1(C(=O)N(C)CCCOc2ccccc2)CCNC1. The second-order valence-corrected chi connectivity index (χ2v) is 5.80. The van der Waals surface area contributed by atoms with Crippen molar-refractivity contribution in [1.29, 1.82) is 0 Å². The predicted octanol–water partition coefficient (Wildman–Crippen LogP) is 2.30. The fourth-order valence-corrected chi connectivity index (χ4v) is 2.89. The Labute approximate surface area is 127 Å². The molecule has 21 heavy (non-hydrogen) atoms. The van der Waals surface area contributed by atoms with Gasteiger partial charge < -0.3 is 15.0 Å². The molecule has 1 saturated heterocycles. The van der Waals surface area contributed by atoms with E-state index >= 15 is 0 Å². The van der Waals surface area contributed by atoms with Crippen molar-refractivity contribution >= 4 is 5.91 Å².